The molecule has 0 saturated heterocycles. The molecule has 0 aliphatic heterocycles. The van der Waals surface area contributed by atoms with Crippen molar-refractivity contribution in [2.45, 2.75) is 37.2 Å². The maximum Gasteiger partial charge on any atom is 0.326 e. The van der Waals surface area contributed by atoms with Gasteiger partial charge in [-0.15, -0.1) is 0 Å². The highest BCUT2D eigenvalue weighted by molar-refractivity contribution is 7.98. The quantitative estimate of drug-likeness (QED) is 0.632. The van der Waals surface area contributed by atoms with Crippen LogP contribution in [-0.4, -0.2) is 38.2 Å². The smallest absolute Gasteiger partial charge is 0.326 e. The second-order valence-electron chi connectivity index (χ2n) is 5.77. The number of carbonyl (C=O) groups is 2. The first-order valence-corrected chi connectivity index (χ1v) is 8.55. The van der Waals surface area contributed by atoms with Crippen molar-refractivity contribution < 1.29 is 14.7 Å². The van der Waals surface area contributed by atoms with Crippen molar-refractivity contribution in [3.63, 3.8) is 0 Å². The Bertz CT molecular complexity index is 671. The molecule has 8 heteroatoms. The number of amides is 1. The number of nitrogens with one attached hydrogen (secondary N) is 2. The third kappa shape index (κ3) is 5.38. The molecular weight excluding hydrogens is 328 g/mol. The van der Waals surface area contributed by atoms with Gasteiger partial charge in [-0.1, -0.05) is 37.7 Å². The van der Waals surface area contributed by atoms with Crippen LogP contribution in [0.2, 0.25) is 0 Å². The van der Waals surface area contributed by atoms with Crippen molar-refractivity contribution in [1.29, 1.82) is 0 Å². The number of rotatable bonds is 8. The van der Waals surface area contributed by atoms with Crippen molar-refractivity contribution in [1.82, 2.24) is 20.5 Å². The first-order chi connectivity index (χ1) is 11.5. The molecule has 2 aromatic rings. The van der Waals surface area contributed by atoms with Crippen molar-refractivity contribution in [3.8, 4) is 0 Å². The molecule has 24 heavy (non-hydrogen) atoms. The molecule has 0 fully saturated rings. The number of nitrogens with zero attached hydrogens (tertiary/aromatic N) is 2. The van der Waals surface area contributed by atoms with E-state index in [4.69, 9.17) is 0 Å². The molecule has 0 radical (unpaired) electrons. The topological polar surface area (TPSA) is 108 Å². The van der Waals surface area contributed by atoms with Gasteiger partial charge in [0.05, 0.1) is 0 Å². The summed E-state index contributed by atoms with van der Waals surface area (Å²) in [6.07, 6.45) is 1.85. The van der Waals surface area contributed by atoms with E-state index < -0.39 is 12.0 Å². The molecule has 1 heterocycles. The Morgan fingerprint density at radius 1 is 1.29 bits per heavy atom. The molecule has 1 unspecified atom stereocenters. The second-order valence-corrected chi connectivity index (χ2v) is 6.73. The summed E-state index contributed by atoms with van der Waals surface area (Å²) in [6.45, 7) is 3.84. The minimum absolute atomic E-state index is 0.182. The monoisotopic (exact) mass is 348 g/mol. The summed E-state index contributed by atoms with van der Waals surface area (Å²) in [5, 5.41) is 19.0. The predicted octanol–water partition coefficient (Wildman–Crippen LogP) is 2.33. The zero-order chi connectivity index (χ0) is 17.5. The SMILES string of the molecule is CC(C)CC(NC(=O)c1ccc(CSc2ncn[nH]2)cc1)C(=O)O. The number of carboxylic acid groups (broad SMARTS) is 1. The number of carboxylic acids is 1. The number of aromatic nitrogens is 3. The summed E-state index contributed by atoms with van der Waals surface area (Å²) in [7, 11) is 0. The third-order valence-corrected chi connectivity index (χ3v) is 4.24. The number of aromatic amines is 1. The number of carbonyl (C=O) groups excluding carboxylic acids is 1. The molecule has 0 aliphatic rings. The van der Waals surface area contributed by atoms with Gasteiger partial charge in [0.2, 0.25) is 0 Å². The Balaban J connectivity index is 1.93. The fraction of sp³-hybridized carbons (Fsp3) is 0.375. The van der Waals surface area contributed by atoms with Crippen LogP contribution in [0.5, 0.6) is 0 Å². The number of aliphatic carboxylic acids is 1. The number of hydrogen-bond donors (Lipinski definition) is 3. The van der Waals surface area contributed by atoms with Crippen molar-refractivity contribution >= 4 is 23.6 Å². The van der Waals surface area contributed by atoms with E-state index in [1.165, 1.54) is 18.1 Å². The standard InChI is InChI=1S/C16H20N4O3S/c1-10(2)7-13(15(22)23)19-14(21)12-5-3-11(4-6-12)8-24-16-17-9-18-20-16/h3-6,9-10,13H,7-8H2,1-2H3,(H,19,21)(H,22,23)(H,17,18,20). The van der Waals surface area contributed by atoms with Gasteiger partial charge in [-0.2, -0.15) is 5.10 Å². The van der Waals surface area contributed by atoms with Crippen LogP contribution in [0.3, 0.4) is 0 Å². The fourth-order valence-electron chi connectivity index (χ4n) is 2.10. The molecular formula is C16H20N4O3S. The number of thioether (sulfide) groups is 1. The van der Waals surface area contributed by atoms with E-state index in [-0.39, 0.29) is 11.8 Å². The van der Waals surface area contributed by atoms with Crippen molar-refractivity contribution in [2.24, 2.45) is 5.92 Å². The van der Waals surface area contributed by atoms with Gasteiger partial charge in [0, 0.05) is 11.3 Å². The number of benzene rings is 1. The molecule has 128 valence electrons. The summed E-state index contributed by atoms with van der Waals surface area (Å²) >= 11 is 1.51. The Hall–Kier alpha value is -2.35. The zero-order valence-electron chi connectivity index (χ0n) is 13.5. The highest BCUT2D eigenvalue weighted by atomic mass is 32.2. The van der Waals surface area contributed by atoms with Gasteiger partial charge in [0.15, 0.2) is 5.16 Å². The van der Waals surface area contributed by atoms with Crippen LogP contribution in [0.25, 0.3) is 0 Å². The molecule has 0 saturated carbocycles. The largest absolute Gasteiger partial charge is 0.480 e. The van der Waals surface area contributed by atoms with Crippen LogP contribution in [-0.2, 0) is 10.5 Å². The van der Waals surface area contributed by atoms with Gasteiger partial charge < -0.3 is 10.4 Å². The van der Waals surface area contributed by atoms with E-state index in [2.05, 4.69) is 20.5 Å². The normalized spacial score (nSPS) is 12.1. The van der Waals surface area contributed by atoms with Crippen LogP contribution in [0.15, 0.2) is 35.7 Å². The molecule has 1 amide bonds. The molecule has 1 aromatic carbocycles. The third-order valence-electron chi connectivity index (χ3n) is 3.30. The van der Waals surface area contributed by atoms with Gasteiger partial charge in [-0.25, -0.2) is 9.78 Å². The lowest BCUT2D eigenvalue weighted by Gasteiger charge is -2.16. The number of H-pyrrole nitrogens is 1. The van der Waals surface area contributed by atoms with E-state index in [0.29, 0.717) is 17.7 Å². The molecule has 0 bridgehead atoms. The first kappa shape index (κ1) is 18.0. The van der Waals surface area contributed by atoms with Crippen molar-refractivity contribution in [3.05, 3.63) is 41.7 Å². The first-order valence-electron chi connectivity index (χ1n) is 7.56. The summed E-state index contributed by atoms with van der Waals surface area (Å²) in [6, 6.07) is 6.20. The molecule has 0 spiro atoms. The van der Waals surface area contributed by atoms with Crippen LogP contribution in [0, 0.1) is 5.92 Å². The number of hydrogen-bond acceptors (Lipinski definition) is 5. The second kappa shape index (κ2) is 8.49. The Morgan fingerprint density at radius 3 is 2.54 bits per heavy atom. The van der Waals surface area contributed by atoms with Crippen molar-refractivity contribution in [2.75, 3.05) is 0 Å². The Kier molecular flexibility index (Phi) is 6.36. The van der Waals surface area contributed by atoms with E-state index in [1.54, 1.807) is 12.1 Å². The molecule has 3 N–H and O–H groups in total. The van der Waals surface area contributed by atoms with Crippen LogP contribution >= 0.6 is 11.8 Å². The van der Waals surface area contributed by atoms with E-state index >= 15 is 0 Å². The summed E-state index contributed by atoms with van der Waals surface area (Å²) in [5.74, 6) is -0.515. The van der Waals surface area contributed by atoms with Gasteiger partial charge >= 0.3 is 5.97 Å². The van der Waals surface area contributed by atoms with Gasteiger partial charge in [0.25, 0.3) is 5.91 Å². The fourth-order valence-corrected chi connectivity index (χ4v) is 2.84. The molecule has 1 aromatic heterocycles. The van der Waals surface area contributed by atoms with Gasteiger partial charge in [0.1, 0.15) is 12.4 Å². The predicted molar refractivity (Wildman–Crippen MR) is 90.7 cm³/mol. The van der Waals surface area contributed by atoms with Crippen LogP contribution < -0.4 is 5.32 Å². The summed E-state index contributed by atoms with van der Waals surface area (Å²) in [4.78, 5) is 27.4. The molecule has 7 nitrogen and oxygen atoms in total. The summed E-state index contributed by atoms with van der Waals surface area (Å²) < 4.78 is 0. The molecule has 1 atom stereocenters. The van der Waals surface area contributed by atoms with E-state index in [0.717, 1.165) is 10.7 Å². The van der Waals surface area contributed by atoms with Gasteiger partial charge in [-0.3, -0.25) is 9.89 Å². The lowest BCUT2D eigenvalue weighted by Crippen LogP contribution is -2.41. The lowest BCUT2D eigenvalue weighted by atomic mass is 10.0. The average molecular weight is 348 g/mol. The zero-order valence-corrected chi connectivity index (χ0v) is 14.3. The molecule has 0 aliphatic carbocycles. The Morgan fingerprint density at radius 2 is 2.00 bits per heavy atom. The Labute approximate surface area is 144 Å². The summed E-state index contributed by atoms with van der Waals surface area (Å²) in [5.41, 5.74) is 1.48. The van der Waals surface area contributed by atoms with Crippen LogP contribution in [0.1, 0.15) is 36.2 Å². The van der Waals surface area contributed by atoms with E-state index in [9.17, 15) is 14.7 Å². The van der Waals surface area contributed by atoms with Gasteiger partial charge in [-0.05, 0) is 30.0 Å². The van der Waals surface area contributed by atoms with Crippen LogP contribution in [0.4, 0.5) is 0 Å². The highest BCUT2D eigenvalue weighted by Crippen LogP contribution is 2.18. The highest BCUT2D eigenvalue weighted by Gasteiger charge is 2.21. The maximum absolute atomic E-state index is 12.2. The maximum atomic E-state index is 12.2. The minimum Gasteiger partial charge on any atom is -0.480 e. The lowest BCUT2D eigenvalue weighted by molar-refractivity contribution is -0.139. The minimum atomic E-state index is -1.02. The average Bonchev–Trinajstić information content (AvgIpc) is 3.05. The van der Waals surface area contributed by atoms with E-state index in [1.807, 2.05) is 26.0 Å². The molecule has 2 rings (SSSR count).